The van der Waals surface area contributed by atoms with Gasteiger partial charge in [-0.25, -0.2) is 0 Å². The van der Waals surface area contributed by atoms with Gasteiger partial charge in [-0.15, -0.1) is 0 Å². The molecule has 1 aliphatic rings. The summed E-state index contributed by atoms with van der Waals surface area (Å²) >= 11 is -5.41. The summed E-state index contributed by atoms with van der Waals surface area (Å²) in [6, 6.07) is 22.9. The van der Waals surface area contributed by atoms with Crippen LogP contribution in [0.5, 0.6) is 5.75 Å². The van der Waals surface area contributed by atoms with Crippen LogP contribution in [-0.2, 0) is 24.5 Å². The van der Waals surface area contributed by atoms with Crippen molar-refractivity contribution in [3.63, 3.8) is 0 Å². The molecule has 14 heteroatoms. The van der Waals surface area contributed by atoms with Gasteiger partial charge in [-0.2, -0.15) is 0 Å². The van der Waals surface area contributed by atoms with E-state index in [1.807, 2.05) is 0 Å². The van der Waals surface area contributed by atoms with Crippen LogP contribution in [0.1, 0.15) is 33.2 Å². The molecule has 0 unspecified atom stereocenters. The molecule has 0 aliphatic carbocycles. The zero-order chi connectivity index (χ0) is 30.9. The fraction of sp³-hybridized carbons (Fsp3) is 0.138. The number of hydrogen-bond donors (Lipinski definition) is 0. The first kappa shape index (κ1) is 30.9. The predicted molar refractivity (Wildman–Crippen MR) is 156 cm³/mol. The molecule has 0 saturated heterocycles. The topological polar surface area (TPSA) is 156 Å². The molecule has 0 aromatic heterocycles. The number of ketones is 1. The molecule has 0 N–H and O–H groups in total. The van der Waals surface area contributed by atoms with Crippen LogP contribution < -0.4 is 4.74 Å². The summed E-state index contributed by atoms with van der Waals surface area (Å²) in [5, 5.41) is 11.6. The number of ether oxygens (including phenoxy) is 1. The molecule has 0 amide bonds. The van der Waals surface area contributed by atoms with Crippen molar-refractivity contribution in [2.75, 3.05) is 0 Å². The molecule has 0 bridgehead atoms. The number of benzene rings is 4. The monoisotopic (exact) mass is 815 g/mol. The van der Waals surface area contributed by atoms with Crippen LogP contribution in [0, 0.1) is 24.0 Å². The van der Waals surface area contributed by atoms with Crippen molar-refractivity contribution in [1.29, 1.82) is 0 Å². The summed E-state index contributed by atoms with van der Waals surface area (Å²) < 4.78 is 70.0. The van der Waals surface area contributed by atoms with Crippen LogP contribution in [0.2, 0.25) is 3.48 Å². The van der Waals surface area contributed by atoms with E-state index in [4.69, 9.17) is 9.00 Å². The van der Waals surface area contributed by atoms with Gasteiger partial charge in [0.2, 0.25) is 0 Å². The molecule has 0 fully saturated rings. The van der Waals surface area contributed by atoms with Gasteiger partial charge in [0, 0.05) is 0 Å². The third kappa shape index (κ3) is 6.70. The summed E-state index contributed by atoms with van der Waals surface area (Å²) in [4.78, 5) is 24.5. The number of nitro groups is 1. The quantitative estimate of drug-likeness (QED) is 0.125. The standard InChI is InChI=1S/C15H10NO4.2C7H8O3S.Tl/c17-13-9-15(20-14-7-2-1-6-12(13)14)10-4-3-5-11(8-10)16(18)19;2*1-6-2-4-7(5-3-6)11(8,9)10;/h1-9,15H;2*2-5H,1H3,(H,8,9,10);/q;;;+2/p-2/t15-;;;/m1.../s1. The Hall–Kier alpha value is -3.51. The SMILES string of the molecule is Cc1ccc(S(=O)(=O)[O][Tl]([O]S(=O)(=O)c2ccc(C)cc2)[C@@H]2C(=O)c3ccccc3O[C@H]2c2cccc([N+](=O)[O-])c2)cc1. The van der Waals surface area contributed by atoms with E-state index in [1.54, 1.807) is 50.2 Å². The van der Waals surface area contributed by atoms with E-state index in [2.05, 4.69) is 0 Å². The van der Waals surface area contributed by atoms with E-state index >= 15 is 0 Å². The molecule has 4 aromatic rings. The van der Waals surface area contributed by atoms with Crippen LogP contribution >= 0.6 is 0 Å². The minimum atomic E-state index is -5.41. The van der Waals surface area contributed by atoms with Crippen molar-refractivity contribution in [3.05, 3.63) is 129 Å². The van der Waals surface area contributed by atoms with Gasteiger partial charge in [-0.1, -0.05) is 0 Å². The van der Waals surface area contributed by atoms with E-state index in [0.29, 0.717) is 0 Å². The summed E-state index contributed by atoms with van der Waals surface area (Å²) in [6.45, 7) is 3.52. The van der Waals surface area contributed by atoms with Gasteiger partial charge in [0.25, 0.3) is 0 Å². The zero-order valence-electron chi connectivity index (χ0n) is 22.8. The van der Waals surface area contributed by atoms with Gasteiger partial charge in [0.15, 0.2) is 0 Å². The molecule has 1 aliphatic heterocycles. The number of fused-ring (bicyclic) bond motifs is 1. The molecule has 4 aromatic carbocycles. The number of non-ortho nitro benzene ring substituents is 1. The first-order valence-corrected chi connectivity index (χ1v) is 22.0. The third-order valence-corrected chi connectivity index (χ3v) is 24.5. The normalized spacial score (nSPS) is 16.7. The fourth-order valence-electron chi connectivity index (χ4n) is 4.56. The molecule has 220 valence electrons. The van der Waals surface area contributed by atoms with Gasteiger partial charge in [-0.05, 0) is 0 Å². The van der Waals surface area contributed by atoms with Gasteiger partial charge in [0.05, 0.1) is 0 Å². The van der Waals surface area contributed by atoms with E-state index < -0.39 is 64.1 Å². The first-order chi connectivity index (χ1) is 20.4. The molecular formula is C29H24NO10S2Tl. The Kier molecular flexibility index (Phi) is 8.80. The van der Waals surface area contributed by atoms with Gasteiger partial charge in [-0.3, -0.25) is 0 Å². The van der Waals surface area contributed by atoms with Crippen molar-refractivity contribution in [3.8, 4) is 5.75 Å². The van der Waals surface area contributed by atoms with Crippen molar-refractivity contribution in [1.82, 2.24) is 0 Å². The molecule has 5 rings (SSSR count). The molecule has 0 spiro atoms. The number of carbonyl (C=O) groups is 1. The van der Waals surface area contributed by atoms with Crippen LogP contribution in [0.15, 0.2) is 107 Å². The number of Topliss-reactive ketones (excluding diaryl/α,β-unsaturated/α-hetero) is 1. The first-order valence-electron chi connectivity index (χ1n) is 12.9. The number of nitro benzene ring substituents is 1. The fourth-order valence-corrected chi connectivity index (χ4v) is 22.9. The van der Waals surface area contributed by atoms with Crippen LogP contribution in [0.25, 0.3) is 0 Å². The van der Waals surface area contributed by atoms with Crippen molar-refractivity contribution < 1.29 is 35.6 Å². The maximum absolute atomic E-state index is 14.1. The van der Waals surface area contributed by atoms with E-state index in [0.717, 1.165) is 11.1 Å². The summed E-state index contributed by atoms with van der Waals surface area (Å²) in [7, 11) is -9.24. The Morgan fingerprint density at radius 1 is 0.767 bits per heavy atom. The Morgan fingerprint density at radius 3 is 1.84 bits per heavy atom. The summed E-state index contributed by atoms with van der Waals surface area (Å²) in [6.07, 6.45) is -1.34. The number of carbonyl (C=O) groups excluding carboxylic acids is 1. The number of para-hydroxylation sites is 1. The molecule has 1 heterocycles. The average Bonchev–Trinajstić information content (AvgIpc) is 2.97. The molecule has 0 radical (unpaired) electrons. The number of rotatable bonds is 9. The number of hydrogen-bond acceptors (Lipinski definition) is 10. The van der Waals surface area contributed by atoms with Crippen LogP contribution in [-0.4, -0.2) is 51.2 Å². The van der Waals surface area contributed by atoms with E-state index in [-0.39, 0.29) is 32.4 Å². The second kappa shape index (κ2) is 12.2. The molecule has 11 nitrogen and oxygen atoms in total. The molecule has 43 heavy (non-hydrogen) atoms. The van der Waals surface area contributed by atoms with Crippen molar-refractivity contribution >= 4 is 55.3 Å². The number of nitrogens with zero attached hydrogens (tertiary/aromatic N) is 1. The van der Waals surface area contributed by atoms with E-state index in [1.165, 1.54) is 60.7 Å². The summed E-state index contributed by atoms with van der Waals surface area (Å²) in [5.74, 6) is -0.501. The maximum atomic E-state index is 14.1. The second-order valence-electron chi connectivity index (χ2n) is 9.87. The Bertz CT molecular complexity index is 1830. The third-order valence-electron chi connectivity index (χ3n) is 6.80. The van der Waals surface area contributed by atoms with Crippen LogP contribution in [0.3, 0.4) is 0 Å². The van der Waals surface area contributed by atoms with Gasteiger partial charge < -0.3 is 0 Å². The van der Waals surface area contributed by atoms with Crippen molar-refractivity contribution in [2.24, 2.45) is 0 Å². The Labute approximate surface area is 257 Å². The molecule has 2 atom stereocenters. The molecular weight excluding hydrogens is 791 g/mol. The summed E-state index contributed by atoms with van der Waals surface area (Å²) in [5.41, 5.74) is 1.47. The van der Waals surface area contributed by atoms with Crippen LogP contribution in [0.4, 0.5) is 5.69 Å². The Balaban J connectivity index is 1.67. The average molecular weight is 815 g/mol. The van der Waals surface area contributed by atoms with Crippen molar-refractivity contribution in [2.45, 2.75) is 33.2 Å². The minimum absolute atomic E-state index is 0.0758. The van der Waals surface area contributed by atoms with Gasteiger partial charge >= 0.3 is 259 Å². The molecule has 0 saturated carbocycles. The van der Waals surface area contributed by atoms with E-state index in [9.17, 15) is 31.7 Å². The zero-order valence-corrected chi connectivity index (χ0v) is 28.9. The predicted octanol–water partition coefficient (Wildman–Crippen LogP) is 5.20. The Morgan fingerprint density at radius 2 is 1.30 bits per heavy atom. The van der Waals surface area contributed by atoms with Gasteiger partial charge in [0.1, 0.15) is 0 Å². The number of aryl methyl sites for hydroxylation is 2. The second-order valence-corrected chi connectivity index (χ2v) is 23.2.